The van der Waals surface area contributed by atoms with Crippen molar-refractivity contribution >= 4 is 34.8 Å². The van der Waals surface area contributed by atoms with Crippen LogP contribution in [-0.2, 0) is 4.79 Å². The molecule has 0 saturated carbocycles. The Bertz CT molecular complexity index is 1200. The van der Waals surface area contributed by atoms with Crippen molar-refractivity contribution in [1.29, 1.82) is 0 Å². The number of nitrogens with zero attached hydrogens (tertiary/aromatic N) is 2. The lowest BCUT2D eigenvalue weighted by Crippen LogP contribution is -2.48. The van der Waals surface area contributed by atoms with Gasteiger partial charge in [-0.1, -0.05) is 24.6 Å². The van der Waals surface area contributed by atoms with Gasteiger partial charge < -0.3 is 14.5 Å². The third-order valence-electron chi connectivity index (χ3n) is 6.16. The molecule has 0 bridgehead atoms. The summed E-state index contributed by atoms with van der Waals surface area (Å²) < 4.78 is 19.2. The molecule has 0 aliphatic carbocycles. The average Bonchev–Trinajstić information content (AvgIpc) is 2.84. The Morgan fingerprint density at radius 2 is 1.76 bits per heavy atom. The average molecular weight is 481 g/mol. The molecule has 1 aliphatic heterocycles. The summed E-state index contributed by atoms with van der Waals surface area (Å²) in [4.78, 5) is 30.2. The number of hydrogen-bond donors (Lipinski definition) is 0. The van der Waals surface area contributed by atoms with Gasteiger partial charge in [-0.2, -0.15) is 0 Å². The lowest BCUT2D eigenvalue weighted by molar-refractivity contribution is -0.118. The van der Waals surface area contributed by atoms with E-state index in [1.165, 1.54) is 24.3 Å². The number of amides is 2. The van der Waals surface area contributed by atoms with Crippen LogP contribution < -0.4 is 14.5 Å². The van der Waals surface area contributed by atoms with Gasteiger partial charge in [-0.3, -0.25) is 9.59 Å². The highest BCUT2D eigenvalue weighted by Gasteiger charge is 2.40. The first-order valence-corrected chi connectivity index (χ1v) is 11.6. The van der Waals surface area contributed by atoms with E-state index in [0.717, 1.165) is 11.3 Å². The standard InChI is InChI=1S/C27H26ClFN2O3/c1-4-25(32)31(21-14-10-19(28)11-15-21)23-16-17(2)30(22-6-5-7-24(34-3)26(22)23)27(33)18-8-12-20(29)13-9-18/h5-15,17,23H,4,16H2,1-3H3/t17-,23+/m1/s1. The highest BCUT2D eigenvalue weighted by Crippen LogP contribution is 2.47. The maximum Gasteiger partial charge on any atom is 0.258 e. The molecule has 0 unspecified atom stereocenters. The summed E-state index contributed by atoms with van der Waals surface area (Å²) in [7, 11) is 1.57. The van der Waals surface area contributed by atoms with Crippen LogP contribution in [0.2, 0.25) is 5.02 Å². The van der Waals surface area contributed by atoms with Crippen molar-refractivity contribution < 1.29 is 18.7 Å². The Labute approximate surface area is 203 Å². The van der Waals surface area contributed by atoms with Crippen molar-refractivity contribution in [3.8, 4) is 5.75 Å². The first-order valence-electron chi connectivity index (χ1n) is 11.2. The molecule has 7 heteroatoms. The first-order chi connectivity index (χ1) is 16.3. The van der Waals surface area contributed by atoms with Gasteiger partial charge in [0.1, 0.15) is 11.6 Å². The van der Waals surface area contributed by atoms with Gasteiger partial charge in [0.15, 0.2) is 0 Å². The van der Waals surface area contributed by atoms with Crippen LogP contribution >= 0.6 is 11.6 Å². The normalized spacial score (nSPS) is 17.1. The molecule has 1 heterocycles. The summed E-state index contributed by atoms with van der Waals surface area (Å²) in [6.07, 6.45) is 0.810. The van der Waals surface area contributed by atoms with Crippen molar-refractivity contribution in [2.75, 3.05) is 16.9 Å². The molecule has 4 rings (SSSR count). The molecule has 2 amide bonds. The Balaban J connectivity index is 1.86. The molecule has 5 nitrogen and oxygen atoms in total. The number of anilines is 2. The number of halogens is 2. The third-order valence-corrected chi connectivity index (χ3v) is 6.41. The van der Waals surface area contributed by atoms with Gasteiger partial charge in [0, 0.05) is 34.3 Å². The Morgan fingerprint density at radius 3 is 2.38 bits per heavy atom. The fourth-order valence-electron chi connectivity index (χ4n) is 4.58. The largest absolute Gasteiger partial charge is 0.496 e. The number of benzene rings is 3. The molecule has 0 spiro atoms. The van der Waals surface area contributed by atoms with E-state index in [0.29, 0.717) is 34.9 Å². The summed E-state index contributed by atoms with van der Waals surface area (Å²) in [6.45, 7) is 3.78. The van der Waals surface area contributed by atoms with Crippen LogP contribution in [0.1, 0.15) is 48.7 Å². The van der Waals surface area contributed by atoms with Crippen LogP contribution in [0.4, 0.5) is 15.8 Å². The van der Waals surface area contributed by atoms with E-state index in [-0.39, 0.29) is 23.9 Å². The van der Waals surface area contributed by atoms with Crippen LogP contribution in [0.15, 0.2) is 66.7 Å². The van der Waals surface area contributed by atoms with E-state index in [9.17, 15) is 14.0 Å². The fraction of sp³-hybridized carbons (Fsp3) is 0.259. The van der Waals surface area contributed by atoms with E-state index in [1.54, 1.807) is 29.0 Å². The zero-order chi connectivity index (χ0) is 24.4. The van der Waals surface area contributed by atoms with Gasteiger partial charge in [-0.15, -0.1) is 0 Å². The van der Waals surface area contributed by atoms with E-state index in [1.807, 2.05) is 44.2 Å². The molecule has 0 radical (unpaired) electrons. The van der Waals surface area contributed by atoms with Gasteiger partial charge in [-0.25, -0.2) is 4.39 Å². The predicted molar refractivity (Wildman–Crippen MR) is 132 cm³/mol. The Morgan fingerprint density at radius 1 is 1.09 bits per heavy atom. The number of rotatable bonds is 5. The zero-order valence-electron chi connectivity index (χ0n) is 19.3. The molecule has 0 saturated heterocycles. The van der Waals surface area contributed by atoms with Gasteiger partial charge in [0.25, 0.3) is 5.91 Å². The molecule has 1 aliphatic rings. The molecule has 3 aromatic carbocycles. The van der Waals surface area contributed by atoms with Crippen LogP contribution in [0.3, 0.4) is 0 Å². The second kappa shape index (κ2) is 9.85. The summed E-state index contributed by atoms with van der Waals surface area (Å²) in [5.41, 5.74) is 2.54. The highest BCUT2D eigenvalue weighted by atomic mass is 35.5. The number of methoxy groups -OCH3 is 1. The molecular formula is C27H26ClFN2O3. The first kappa shape index (κ1) is 23.8. The monoisotopic (exact) mass is 480 g/mol. The lowest BCUT2D eigenvalue weighted by Gasteiger charge is -2.44. The molecular weight excluding hydrogens is 455 g/mol. The lowest BCUT2D eigenvalue weighted by atomic mass is 9.88. The second-order valence-corrected chi connectivity index (χ2v) is 8.71. The number of carbonyl (C=O) groups is 2. The zero-order valence-corrected chi connectivity index (χ0v) is 20.1. The van der Waals surface area contributed by atoms with Crippen LogP contribution in [0, 0.1) is 5.82 Å². The summed E-state index contributed by atoms with van der Waals surface area (Å²) >= 11 is 6.10. The van der Waals surface area contributed by atoms with Crippen molar-refractivity contribution in [3.05, 3.63) is 88.7 Å². The maximum absolute atomic E-state index is 13.5. The van der Waals surface area contributed by atoms with Crippen LogP contribution in [0.5, 0.6) is 5.75 Å². The minimum Gasteiger partial charge on any atom is -0.496 e. The maximum atomic E-state index is 13.5. The van der Waals surface area contributed by atoms with Crippen molar-refractivity contribution in [2.24, 2.45) is 0 Å². The van der Waals surface area contributed by atoms with Crippen molar-refractivity contribution in [2.45, 2.75) is 38.8 Å². The van der Waals surface area contributed by atoms with Gasteiger partial charge in [0.2, 0.25) is 5.91 Å². The fourth-order valence-corrected chi connectivity index (χ4v) is 4.71. The van der Waals surface area contributed by atoms with Crippen molar-refractivity contribution in [3.63, 3.8) is 0 Å². The molecule has 3 aromatic rings. The molecule has 34 heavy (non-hydrogen) atoms. The minimum absolute atomic E-state index is 0.0466. The SMILES string of the molecule is CCC(=O)N(c1ccc(Cl)cc1)[C@H]1C[C@@H](C)N(C(=O)c2ccc(F)cc2)c2cccc(OC)c21. The Kier molecular flexibility index (Phi) is 6.89. The molecule has 0 aromatic heterocycles. The minimum atomic E-state index is -0.401. The van der Waals surface area contributed by atoms with E-state index in [2.05, 4.69) is 0 Å². The number of fused-ring (bicyclic) bond motifs is 1. The molecule has 2 atom stereocenters. The predicted octanol–water partition coefficient (Wildman–Crippen LogP) is 6.41. The number of carbonyl (C=O) groups excluding carboxylic acids is 2. The van der Waals surface area contributed by atoms with Crippen LogP contribution in [-0.4, -0.2) is 25.0 Å². The highest BCUT2D eigenvalue weighted by molar-refractivity contribution is 6.30. The van der Waals surface area contributed by atoms with E-state index >= 15 is 0 Å². The molecule has 176 valence electrons. The van der Waals surface area contributed by atoms with E-state index < -0.39 is 5.82 Å². The quantitative estimate of drug-likeness (QED) is 0.424. The van der Waals surface area contributed by atoms with Gasteiger partial charge >= 0.3 is 0 Å². The summed E-state index contributed by atoms with van der Waals surface area (Å²) in [6, 6.07) is 17.6. The van der Waals surface area contributed by atoms with E-state index in [4.69, 9.17) is 16.3 Å². The number of hydrogen-bond acceptors (Lipinski definition) is 3. The van der Waals surface area contributed by atoms with Crippen LogP contribution in [0.25, 0.3) is 0 Å². The third kappa shape index (κ3) is 4.38. The second-order valence-electron chi connectivity index (χ2n) is 8.27. The van der Waals surface area contributed by atoms with Gasteiger partial charge in [0.05, 0.1) is 18.8 Å². The summed E-state index contributed by atoms with van der Waals surface area (Å²) in [5.74, 6) is -0.0914. The topological polar surface area (TPSA) is 49.9 Å². The number of ether oxygens (including phenoxy) is 1. The van der Waals surface area contributed by atoms with Gasteiger partial charge in [-0.05, 0) is 74.0 Å². The smallest absolute Gasteiger partial charge is 0.258 e. The molecule has 0 fully saturated rings. The Hall–Kier alpha value is -3.38. The van der Waals surface area contributed by atoms with Crippen molar-refractivity contribution in [1.82, 2.24) is 0 Å². The summed E-state index contributed by atoms with van der Waals surface area (Å²) in [5, 5.41) is 0.582. The molecule has 0 N–H and O–H groups in total.